The van der Waals surface area contributed by atoms with Gasteiger partial charge in [0.15, 0.2) is 0 Å². The summed E-state index contributed by atoms with van der Waals surface area (Å²) in [5.41, 5.74) is 2.09. The van der Waals surface area contributed by atoms with Gasteiger partial charge in [0.25, 0.3) is 0 Å². The van der Waals surface area contributed by atoms with Crippen molar-refractivity contribution in [1.82, 2.24) is 0 Å². The Morgan fingerprint density at radius 1 is 1.55 bits per heavy atom. The van der Waals surface area contributed by atoms with Crippen molar-refractivity contribution in [3.63, 3.8) is 0 Å². The molecule has 1 aliphatic rings. The molecule has 0 spiro atoms. The van der Waals surface area contributed by atoms with Crippen LogP contribution in [0.5, 0.6) is 0 Å². The molecule has 1 atom stereocenters. The first-order valence-corrected chi connectivity index (χ1v) is 4.67. The van der Waals surface area contributed by atoms with Crippen molar-refractivity contribution in [2.45, 2.75) is 33.6 Å². The predicted octanol–water partition coefficient (Wildman–Crippen LogP) is 3.61. The Balaban J connectivity index is 2.60. The van der Waals surface area contributed by atoms with E-state index in [2.05, 4.69) is 27.4 Å². The van der Waals surface area contributed by atoms with Gasteiger partial charge in [-0.15, -0.1) is 18.2 Å². The molecule has 1 rings (SSSR count). The van der Waals surface area contributed by atoms with Crippen molar-refractivity contribution in [1.29, 1.82) is 0 Å². The van der Waals surface area contributed by atoms with Crippen LogP contribution in [0.25, 0.3) is 0 Å². The van der Waals surface area contributed by atoms with Crippen LogP contribution in [0.1, 0.15) is 33.6 Å². The molecule has 0 aromatic rings. The molecular formula is C10H17Cl. The third-order valence-corrected chi connectivity index (χ3v) is 3.50. The normalized spacial score (nSPS) is 33.5. The van der Waals surface area contributed by atoms with Gasteiger partial charge >= 0.3 is 0 Å². The van der Waals surface area contributed by atoms with Gasteiger partial charge in [0.05, 0.1) is 0 Å². The molecule has 0 N–H and O–H groups in total. The summed E-state index contributed by atoms with van der Waals surface area (Å²) in [6, 6.07) is 0. The molecule has 1 heteroatoms. The summed E-state index contributed by atoms with van der Waals surface area (Å²) in [5.74, 6) is 0.785. The Labute approximate surface area is 74.6 Å². The van der Waals surface area contributed by atoms with E-state index in [4.69, 9.17) is 11.6 Å². The van der Waals surface area contributed by atoms with Gasteiger partial charge in [-0.05, 0) is 30.6 Å². The molecule has 0 heterocycles. The lowest BCUT2D eigenvalue weighted by Crippen LogP contribution is -2.11. The van der Waals surface area contributed by atoms with E-state index in [1.807, 2.05) is 0 Å². The first-order chi connectivity index (χ1) is 4.93. The molecule has 0 nitrogen and oxygen atoms in total. The number of hydrogen-bond donors (Lipinski definition) is 0. The predicted molar refractivity (Wildman–Crippen MR) is 51.0 cm³/mol. The standard InChI is InChI=1S/C10H17Cl/c1-8(2)5-10(7-11)6-9(10,3)4/h1,5-7H2,2-4H3. The van der Waals surface area contributed by atoms with Gasteiger partial charge in [-0.3, -0.25) is 0 Å². The van der Waals surface area contributed by atoms with E-state index < -0.39 is 0 Å². The largest absolute Gasteiger partial charge is 0.126 e. The maximum atomic E-state index is 5.94. The van der Waals surface area contributed by atoms with Crippen molar-refractivity contribution in [2.24, 2.45) is 10.8 Å². The van der Waals surface area contributed by atoms with Crippen molar-refractivity contribution in [3.8, 4) is 0 Å². The fourth-order valence-electron chi connectivity index (χ4n) is 1.96. The molecule has 11 heavy (non-hydrogen) atoms. The van der Waals surface area contributed by atoms with E-state index in [0.29, 0.717) is 10.8 Å². The van der Waals surface area contributed by atoms with E-state index >= 15 is 0 Å². The van der Waals surface area contributed by atoms with Crippen LogP contribution in [0.15, 0.2) is 12.2 Å². The summed E-state index contributed by atoms with van der Waals surface area (Å²) < 4.78 is 0. The molecule has 0 aromatic heterocycles. The second-order valence-electron chi connectivity index (χ2n) is 4.61. The minimum atomic E-state index is 0.375. The summed E-state index contributed by atoms with van der Waals surface area (Å²) in [7, 11) is 0. The average Bonchev–Trinajstić information content (AvgIpc) is 2.33. The number of alkyl halides is 1. The maximum Gasteiger partial charge on any atom is 0.0288 e. The van der Waals surface area contributed by atoms with Crippen LogP contribution in [0.3, 0.4) is 0 Å². The highest BCUT2D eigenvalue weighted by atomic mass is 35.5. The van der Waals surface area contributed by atoms with Gasteiger partial charge in [-0.2, -0.15) is 0 Å². The van der Waals surface area contributed by atoms with Gasteiger partial charge < -0.3 is 0 Å². The van der Waals surface area contributed by atoms with Crippen molar-refractivity contribution < 1.29 is 0 Å². The summed E-state index contributed by atoms with van der Waals surface area (Å²) in [6.45, 7) is 10.6. The highest BCUT2D eigenvalue weighted by molar-refractivity contribution is 6.18. The van der Waals surface area contributed by atoms with Gasteiger partial charge in [0, 0.05) is 5.88 Å². The highest BCUT2D eigenvalue weighted by Crippen LogP contribution is 2.66. The van der Waals surface area contributed by atoms with E-state index in [1.165, 1.54) is 12.0 Å². The third-order valence-electron chi connectivity index (χ3n) is 2.99. The number of hydrogen-bond acceptors (Lipinski definition) is 0. The fourth-order valence-corrected chi connectivity index (χ4v) is 2.51. The molecule has 0 radical (unpaired) electrons. The first-order valence-electron chi connectivity index (χ1n) is 4.14. The topological polar surface area (TPSA) is 0 Å². The summed E-state index contributed by atoms with van der Waals surface area (Å²) >= 11 is 5.94. The Morgan fingerprint density at radius 2 is 2.00 bits per heavy atom. The van der Waals surface area contributed by atoms with Crippen LogP contribution in [0, 0.1) is 10.8 Å². The lowest BCUT2D eigenvalue weighted by molar-refractivity contribution is 0.421. The minimum absolute atomic E-state index is 0.375. The number of rotatable bonds is 3. The van der Waals surface area contributed by atoms with Gasteiger partial charge in [0.2, 0.25) is 0 Å². The zero-order valence-electron chi connectivity index (χ0n) is 7.71. The van der Waals surface area contributed by atoms with Crippen molar-refractivity contribution in [2.75, 3.05) is 5.88 Å². The molecule has 64 valence electrons. The van der Waals surface area contributed by atoms with E-state index in [-0.39, 0.29) is 0 Å². The SMILES string of the molecule is C=C(C)CC1(CCl)CC1(C)C. The Kier molecular flexibility index (Phi) is 2.09. The van der Waals surface area contributed by atoms with Gasteiger partial charge in [-0.1, -0.05) is 19.4 Å². The summed E-state index contributed by atoms with van der Waals surface area (Å²) in [5, 5.41) is 0. The zero-order valence-corrected chi connectivity index (χ0v) is 8.46. The van der Waals surface area contributed by atoms with Crippen molar-refractivity contribution >= 4 is 11.6 Å². The van der Waals surface area contributed by atoms with Crippen LogP contribution in [-0.4, -0.2) is 5.88 Å². The molecule has 0 aliphatic heterocycles. The minimum Gasteiger partial charge on any atom is -0.126 e. The quantitative estimate of drug-likeness (QED) is 0.451. The van der Waals surface area contributed by atoms with Gasteiger partial charge in [-0.25, -0.2) is 0 Å². The highest BCUT2D eigenvalue weighted by Gasteiger charge is 2.59. The summed E-state index contributed by atoms with van der Waals surface area (Å²) in [4.78, 5) is 0. The smallest absolute Gasteiger partial charge is 0.0288 e. The Hall–Kier alpha value is 0.0300. The molecule has 1 fully saturated rings. The third kappa shape index (κ3) is 1.46. The second kappa shape index (κ2) is 2.52. The van der Waals surface area contributed by atoms with Crippen LogP contribution >= 0.6 is 11.6 Å². The molecule has 1 saturated carbocycles. The van der Waals surface area contributed by atoms with Crippen LogP contribution in [0.2, 0.25) is 0 Å². The Morgan fingerprint density at radius 3 is 2.09 bits per heavy atom. The lowest BCUT2D eigenvalue weighted by atomic mass is 9.91. The Bertz CT molecular complexity index is 181. The first kappa shape index (κ1) is 9.12. The second-order valence-corrected chi connectivity index (χ2v) is 4.88. The maximum absolute atomic E-state index is 5.94. The molecule has 1 aliphatic carbocycles. The number of allylic oxidation sites excluding steroid dienone is 1. The fraction of sp³-hybridized carbons (Fsp3) is 0.800. The molecule has 1 unspecified atom stereocenters. The van der Waals surface area contributed by atoms with E-state index in [1.54, 1.807) is 0 Å². The molecule has 0 bridgehead atoms. The molecule has 0 amide bonds. The van der Waals surface area contributed by atoms with Crippen LogP contribution < -0.4 is 0 Å². The van der Waals surface area contributed by atoms with Gasteiger partial charge in [0.1, 0.15) is 0 Å². The van der Waals surface area contributed by atoms with E-state index in [0.717, 1.165) is 12.3 Å². The molecule has 0 aromatic carbocycles. The lowest BCUT2D eigenvalue weighted by Gasteiger charge is -2.16. The average molecular weight is 173 g/mol. The zero-order chi connectivity index (χ0) is 8.70. The summed E-state index contributed by atoms with van der Waals surface area (Å²) in [6.07, 6.45) is 2.36. The molecular weight excluding hydrogens is 156 g/mol. The van der Waals surface area contributed by atoms with Crippen LogP contribution in [0.4, 0.5) is 0 Å². The molecule has 0 saturated heterocycles. The van der Waals surface area contributed by atoms with Crippen LogP contribution in [-0.2, 0) is 0 Å². The number of halogens is 1. The van der Waals surface area contributed by atoms with E-state index in [9.17, 15) is 0 Å². The van der Waals surface area contributed by atoms with Crippen molar-refractivity contribution in [3.05, 3.63) is 12.2 Å². The monoisotopic (exact) mass is 172 g/mol.